The summed E-state index contributed by atoms with van der Waals surface area (Å²) < 4.78 is 0. The number of amides is 1. The van der Waals surface area contributed by atoms with Gasteiger partial charge in [-0.3, -0.25) is 4.79 Å². The van der Waals surface area contributed by atoms with E-state index in [1.807, 2.05) is 30.5 Å². The monoisotopic (exact) mass is 468 g/mol. The van der Waals surface area contributed by atoms with E-state index in [0.717, 1.165) is 35.7 Å². The first-order chi connectivity index (χ1) is 16.6. The minimum atomic E-state index is -0.995. The molecule has 0 spiro atoms. The summed E-state index contributed by atoms with van der Waals surface area (Å²) in [6.07, 6.45) is 22.9. The third-order valence-corrected chi connectivity index (χ3v) is 6.40. The Labute approximate surface area is 205 Å². The number of H-pyrrole nitrogens is 1. The Morgan fingerprint density at radius 1 is 0.912 bits per heavy atom. The Morgan fingerprint density at radius 3 is 2.21 bits per heavy atom. The number of benzene rings is 1. The van der Waals surface area contributed by atoms with Gasteiger partial charge in [-0.2, -0.15) is 0 Å². The average Bonchev–Trinajstić information content (AvgIpc) is 3.24. The fourth-order valence-electron chi connectivity index (χ4n) is 4.34. The van der Waals surface area contributed by atoms with Crippen LogP contribution in [0.3, 0.4) is 0 Å². The van der Waals surface area contributed by atoms with E-state index < -0.39 is 12.0 Å². The summed E-state index contributed by atoms with van der Waals surface area (Å²) in [6.45, 7) is 2.25. The molecule has 0 aliphatic carbocycles. The molecule has 0 saturated heterocycles. The van der Waals surface area contributed by atoms with Gasteiger partial charge in [0.2, 0.25) is 5.91 Å². The highest BCUT2D eigenvalue weighted by Gasteiger charge is 2.21. The highest BCUT2D eigenvalue weighted by Crippen LogP contribution is 2.19. The molecule has 1 amide bonds. The SMILES string of the molecule is CCCCCC/C=C/CCCCCCCCCC(=O)NC(Cc1c[nH]c2ccccc12)C(=O)O. The van der Waals surface area contributed by atoms with E-state index in [9.17, 15) is 14.7 Å². The molecule has 1 unspecified atom stereocenters. The maximum atomic E-state index is 12.3. The number of carbonyl (C=O) groups is 2. The van der Waals surface area contributed by atoms with Crippen molar-refractivity contribution in [3.63, 3.8) is 0 Å². The topological polar surface area (TPSA) is 82.2 Å². The number of aromatic amines is 1. The summed E-state index contributed by atoms with van der Waals surface area (Å²) in [5.41, 5.74) is 1.88. The van der Waals surface area contributed by atoms with Gasteiger partial charge in [0, 0.05) is 29.9 Å². The van der Waals surface area contributed by atoms with Crippen molar-refractivity contribution < 1.29 is 14.7 Å². The van der Waals surface area contributed by atoms with Gasteiger partial charge in [0.1, 0.15) is 6.04 Å². The summed E-state index contributed by atoms with van der Waals surface area (Å²) in [6, 6.07) is 6.89. The normalized spacial score (nSPS) is 12.4. The zero-order valence-corrected chi connectivity index (χ0v) is 21.0. The number of hydrogen-bond acceptors (Lipinski definition) is 2. The van der Waals surface area contributed by atoms with Crippen molar-refractivity contribution in [1.82, 2.24) is 10.3 Å². The summed E-state index contributed by atoms with van der Waals surface area (Å²) in [5.74, 6) is -1.17. The Morgan fingerprint density at radius 2 is 1.53 bits per heavy atom. The molecule has 1 aromatic heterocycles. The highest BCUT2D eigenvalue weighted by molar-refractivity contribution is 5.86. The lowest BCUT2D eigenvalue weighted by Crippen LogP contribution is -2.42. The molecule has 2 rings (SSSR count). The zero-order valence-electron chi connectivity index (χ0n) is 21.0. The van der Waals surface area contributed by atoms with Crippen molar-refractivity contribution >= 4 is 22.8 Å². The van der Waals surface area contributed by atoms with E-state index in [0.29, 0.717) is 6.42 Å². The van der Waals surface area contributed by atoms with Crippen LogP contribution in [0.15, 0.2) is 42.6 Å². The number of rotatable bonds is 19. The van der Waals surface area contributed by atoms with Gasteiger partial charge in [0.25, 0.3) is 0 Å². The van der Waals surface area contributed by atoms with Crippen LogP contribution < -0.4 is 5.32 Å². The molecule has 1 heterocycles. The Balaban J connectivity index is 1.51. The first kappa shape index (κ1) is 27.7. The number of allylic oxidation sites excluding steroid dienone is 2. The van der Waals surface area contributed by atoms with Crippen molar-refractivity contribution in [2.45, 2.75) is 109 Å². The second kappa shape index (κ2) is 17.0. The maximum Gasteiger partial charge on any atom is 0.326 e. The number of fused-ring (bicyclic) bond motifs is 1. The van der Waals surface area contributed by atoms with Crippen LogP contribution >= 0.6 is 0 Å². The van der Waals surface area contributed by atoms with Crippen LogP contribution in [0.4, 0.5) is 0 Å². The molecule has 2 aromatic rings. The summed E-state index contributed by atoms with van der Waals surface area (Å²) >= 11 is 0. The molecule has 3 N–H and O–H groups in total. The van der Waals surface area contributed by atoms with Gasteiger partial charge in [-0.25, -0.2) is 4.79 Å². The smallest absolute Gasteiger partial charge is 0.326 e. The van der Waals surface area contributed by atoms with Gasteiger partial charge in [0.05, 0.1) is 0 Å². The molecular weight excluding hydrogens is 424 g/mol. The molecular formula is C29H44N2O3. The van der Waals surface area contributed by atoms with Crippen LogP contribution in [-0.2, 0) is 16.0 Å². The van der Waals surface area contributed by atoms with Gasteiger partial charge in [-0.15, -0.1) is 0 Å². The number of nitrogens with one attached hydrogen (secondary N) is 2. The summed E-state index contributed by atoms with van der Waals surface area (Å²) in [5, 5.41) is 13.3. The van der Waals surface area contributed by atoms with E-state index in [-0.39, 0.29) is 12.3 Å². The minimum Gasteiger partial charge on any atom is -0.480 e. The number of carboxylic acids is 1. The number of hydrogen-bond donors (Lipinski definition) is 3. The quantitative estimate of drug-likeness (QED) is 0.149. The number of carbonyl (C=O) groups excluding carboxylic acids is 1. The van der Waals surface area contributed by atoms with Crippen molar-refractivity contribution in [2.24, 2.45) is 0 Å². The van der Waals surface area contributed by atoms with Crippen LogP contribution in [0.1, 0.15) is 102 Å². The van der Waals surface area contributed by atoms with Crippen molar-refractivity contribution in [3.8, 4) is 0 Å². The molecule has 0 bridgehead atoms. The fraction of sp³-hybridized carbons (Fsp3) is 0.586. The molecule has 5 heteroatoms. The predicted molar refractivity (Wildman–Crippen MR) is 141 cm³/mol. The Hall–Kier alpha value is -2.56. The lowest BCUT2D eigenvalue weighted by Gasteiger charge is -2.14. The van der Waals surface area contributed by atoms with Crippen LogP contribution in [0.5, 0.6) is 0 Å². The van der Waals surface area contributed by atoms with Gasteiger partial charge in [-0.1, -0.05) is 88.6 Å². The fourth-order valence-corrected chi connectivity index (χ4v) is 4.34. The average molecular weight is 469 g/mol. The first-order valence-corrected chi connectivity index (χ1v) is 13.3. The van der Waals surface area contributed by atoms with E-state index in [2.05, 4.69) is 29.4 Å². The predicted octanol–water partition coefficient (Wildman–Crippen LogP) is 7.32. The molecule has 188 valence electrons. The van der Waals surface area contributed by atoms with Crippen molar-refractivity contribution in [2.75, 3.05) is 0 Å². The van der Waals surface area contributed by atoms with E-state index in [4.69, 9.17) is 0 Å². The van der Waals surface area contributed by atoms with Crippen molar-refractivity contribution in [3.05, 3.63) is 48.2 Å². The van der Waals surface area contributed by atoms with Crippen molar-refractivity contribution in [1.29, 1.82) is 0 Å². The summed E-state index contributed by atoms with van der Waals surface area (Å²) in [7, 11) is 0. The number of carboxylic acid groups (broad SMARTS) is 1. The highest BCUT2D eigenvalue weighted by atomic mass is 16.4. The van der Waals surface area contributed by atoms with E-state index >= 15 is 0 Å². The Bertz CT molecular complexity index is 871. The molecule has 0 saturated carbocycles. The molecule has 0 aliphatic rings. The third kappa shape index (κ3) is 11.0. The van der Waals surface area contributed by atoms with Crippen LogP contribution in [0, 0.1) is 0 Å². The standard InChI is InChI=1S/C29H44N2O3/c1-2-3-4-5-6-7-8-9-10-11-12-13-14-15-16-21-28(32)31-27(29(33)34)22-24-23-30-26-20-18-17-19-25(24)26/h7-8,17-20,23,27,30H,2-6,9-16,21-22H2,1H3,(H,31,32)(H,33,34)/b8-7+. The van der Waals surface area contributed by atoms with Crippen LogP contribution in [0.2, 0.25) is 0 Å². The molecule has 5 nitrogen and oxygen atoms in total. The Kier molecular flexibility index (Phi) is 13.8. The first-order valence-electron chi connectivity index (χ1n) is 13.3. The minimum absolute atomic E-state index is 0.172. The lowest BCUT2D eigenvalue weighted by molar-refractivity contribution is -0.141. The zero-order chi connectivity index (χ0) is 24.4. The second-order valence-electron chi connectivity index (χ2n) is 9.36. The van der Waals surface area contributed by atoms with Crippen LogP contribution in [0.25, 0.3) is 10.9 Å². The van der Waals surface area contributed by atoms with Gasteiger partial charge < -0.3 is 15.4 Å². The lowest BCUT2D eigenvalue weighted by atomic mass is 10.0. The number of para-hydroxylation sites is 1. The molecule has 1 aromatic carbocycles. The third-order valence-electron chi connectivity index (χ3n) is 6.40. The maximum absolute atomic E-state index is 12.3. The van der Waals surface area contributed by atoms with Gasteiger partial charge >= 0.3 is 5.97 Å². The van der Waals surface area contributed by atoms with Gasteiger partial charge in [0.15, 0.2) is 0 Å². The molecule has 0 radical (unpaired) electrons. The van der Waals surface area contributed by atoms with E-state index in [1.54, 1.807) is 0 Å². The number of aliphatic carboxylic acids is 1. The largest absolute Gasteiger partial charge is 0.480 e. The van der Waals surface area contributed by atoms with Gasteiger partial charge in [-0.05, 0) is 43.7 Å². The molecule has 0 aliphatic heterocycles. The second-order valence-corrected chi connectivity index (χ2v) is 9.36. The van der Waals surface area contributed by atoms with E-state index in [1.165, 1.54) is 64.2 Å². The number of aromatic nitrogens is 1. The van der Waals surface area contributed by atoms with Crippen LogP contribution in [-0.4, -0.2) is 28.0 Å². The number of unbranched alkanes of at least 4 members (excludes halogenated alkanes) is 11. The summed E-state index contributed by atoms with van der Waals surface area (Å²) in [4.78, 5) is 27.1. The molecule has 1 atom stereocenters. The molecule has 34 heavy (non-hydrogen) atoms. The molecule has 0 fully saturated rings.